The zero-order chi connectivity index (χ0) is 19.1. The number of likely N-dealkylation sites (N-methyl/N-ethyl adjacent to an activating group) is 1. The number of benzene rings is 1. The molecule has 0 amide bonds. The number of carbonyl (C=O) groups is 1. The van der Waals surface area contributed by atoms with E-state index in [-0.39, 0.29) is 17.8 Å². The molecule has 2 aliphatic carbocycles. The molecular weight excluding hydrogens is 348 g/mol. The maximum atomic E-state index is 12.0. The standard InChI is InChI=1S/C20H26N2O5/c1-10(18(24)25)21-12-5-6-20(26)14-9-11-3-4-13(23)16-15(11)19(20,17(12)27-16)7-8-22(14)2/h3-4,10,12,14,17,21,23,26H,5-9H2,1-2H3,(H,24,25)/t10?,12-,14?,17-,19-,20+/m0/s1. The van der Waals surface area contributed by atoms with Crippen molar-refractivity contribution in [3.05, 3.63) is 23.3 Å². The molecular formula is C20H26N2O5. The van der Waals surface area contributed by atoms with E-state index in [1.54, 1.807) is 13.0 Å². The third-order valence-electron chi connectivity index (χ3n) is 7.56. The number of hydrogen-bond donors (Lipinski definition) is 4. The highest BCUT2D eigenvalue weighted by Gasteiger charge is 2.72. The van der Waals surface area contributed by atoms with Crippen LogP contribution in [0.4, 0.5) is 0 Å². The fourth-order valence-corrected chi connectivity index (χ4v) is 6.32. The number of phenolic OH excluding ortho intramolecular Hbond substituents is 1. The van der Waals surface area contributed by atoms with E-state index in [1.807, 2.05) is 6.07 Å². The fourth-order valence-electron chi connectivity index (χ4n) is 6.32. The Balaban J connectivity index is 1.68. The van der Waals surface area contributed by atoms with Gasteiger partial charge in [-0.25, -0.2) is 0 Å². The lowest BCUT2D eigenvalue weighted by atomic mass is 9.48. The third-order valence-corrected chi connectivity index (χ3v) is 7.56. The number of likely N-dealkylation sites (tertiary alicyclic amines) is 1. The molecule has 2 bridgehead atoms. The molecule has 1 saturated carbocycles. The van der Waals surface area contributed by atoms with E-state index in [0.29, 0.717) is 18.6 Å². The number of carboxylic acids is 1. The van der Waals surface area contributed by atoms with E-state index in [2.05, 4.69) is 17.3 Å². The Morgan fingerprint density at radius 1 is 1.41 bits per heavy atom. The van der Waals surface area contributed by atoms with Crippen LogP contribution in [0.2, 0.25) is 0 Å². The molecule has 7 nitrogen and oxygen atoms in total. The Labute approximate surface area is 157 Å². The predicted octanol–water partition coefficient (Wildman–Crippen LogP) is 0.607. The number of carboxylic acid groups (broad SMARTS) is 1. The van der Waals surface area contributed by atoms with Crippen molar-refractivity contribution < 1.29 is 24.9 Å². The molecule has 0 radical (unpaired) electrons. The van der Waals surface area contributed by atoms with Gasteiger partial charge in [0.15, 0.2) is 11.5 Å². The van der Waals surface area contributed by atoms with Crippen molar-refractivity contribution in [2.75, 3.05) is 13.6 Å². The van der Waals surface area contributed by atoms with Crippen LogP contribution in [0.3, 0.4) is 0 Å². The molecule has 2 unspecified atom stereocenters. The van der Waals surface area contributed by atoms with Crippen LogP contribution in [-0.4, -0.2) is 69.6 Å². The summed E-state index contributed by atoms with van der Waals surface area (Å²) in [5.74, 6) is -0.324. The van der Waals surface area contributed by atoms with Crippen molar-refractivity contribution in [2.45, 2.75) is 67.9 Å². The first-order valence-corrected chi connectivity index (χ1v) is 9.73. The molecule has 7 heteroatoms. The summed E-state index contributed by atoms with van der Waals surface area (Å²) >= 11 is 0. The van der Waals surface area contributed by atoms with Gasteiger partial charge >= 0.3 is 5.97 Å². The van der Waals surface area contributed by atoms with Crippen LogP contribution >= 0.6 is 0 Å². The van der Waals surface area contributed by atoms with Crippen LogP contribution in [0.5, 0.6) is 11.5 Å². The van der Waals surface area contributed by atoms with Gasteiger partial charge in [-0.15, -0.1) is 0 Å². The number of aliphatic carboxylic acids is 1. The minimum absolute atomic E-state index is 0.00168. The molecule has 27 heavy (non-hydrogen) atoms. The Morgan fingerprint density at radius 2 is 2.19 bits per heavy atom. The molecule has 4 N–H and O–H groups in total. The van der Waals surface area contributed by atoms with Crippen LogP contribution in [-0.2, 0) is 16.6 Å². The monoisotopic (exact) mass is 374 g/mol. The SMILES string of the molecule is CC(N[C@H]1CC[C@@]2(O)C3Cc4ccc(O)c5c4[C@@]2(CCN3C)[C@H]1O5)C(=O)O. The summed E-state index contributed by atoms with van der Waals surface area (Å²) in [5.41, 5.74) is 0.522. The Morgan fingerprint density at radius 3 is 2.93 bits per heavy atom. The number of aromatic hydroxyl groups is 1. The Kier molecular flexibility index (Phi) is 3.44. The highest BCUT2D eigenvalue weighted by Crippen LogP contribution is 2.65. The largest absolute Gasteiger partial charge is 0.504 e. The second kappa shape index (κ2) is 5.37. The zero-order valence-corrected chi connectivity index (χ0v) is 15.6. The number of phenols is 1. The highest BCUT2D eigenvalue weighted by molar-refractivity contribution is 5.73. The van der Waals surface area contributed by atoms with Gasteiger partial charge in [0.2, 0.25) is 0 Å². The number of nitrogens with zero attached hydrogens (tertiary/aromatic N) is 1. The van der Waals surface area contributed by atoms with Gasteiger partial charge in [0, 0.05) is 17.6 Å². The summed E-state index contributed by atoms with van der Waals surface area (Å²) in [6.07, 6.45) is 2.29. The van der Waals surface area contributed by atoms with Crippen molar-refractivity contribution in [3.8, 4) is 11.5 Å². The van der Waals surface area contributed by atoms with Crippen molar-refractivity contribution in [1.29, 1.82) is 0 Å². The van der Waals surface area contributed by atoms with E-state index in [4.69, 9.17) is 4.74 Å². The minimum Gasteiger partial charge on any atom is -0.504 e. The molecule has 146 valence electrons. The van der Waals surface area contributed by atoms with Crippen LogP contribution in [0.25, 0.3) is 0 Å². The molecule has 5 rings (SSSR count). The molecule has 6 atom stereocenters. The Bertz CT molecular complexity index is 829. The summed E-state index contributed by atoms with van der Waals surface area (Å²) in [7, 11) is 2.06. The third kappa shape index (κ3) is 1.94. The zero-order valence-electron chi connectivity index (χ0n) is 15.6. The van der Waals surface area contributed by atoms with Crippen LogP contribution in [0.1, 0.15) is 37.3 Å². The summed E-state index contributed by atoms with van der Waals surface area (Å²) < 4.78 is 6.32. The average molecular weight is 374 g/mol. The fraction of sp³-hybridized carbons (Fsp3) is 0.650. The predicted molar refractivity (Wildman–Crippen MR) is 97.1 cm³/mol. The lowest BCUT2D eigenvalue weighted by Gasteiger charge is -2.63. The van der Waals surface area contributed by atoms with Crippen molar-refractivity contribution in [2.24, 2.45) is 0 Å². The number of ether oxygens (including phenoxy) is 1. The van der Waals surface area contributed by atoms with Crippen molar-refractivity contribution >= 4 is 5.97 Å². The molecule has 1 saturated heterocycles. The van der Waals surface area contributed by atoms with Gasteiger partial charge < -0.3 is 25.0 Å². The van der Waals surface area contributed by atoms with E-state index < -0.39 is 29.1 Å². The van der Waals surface area contributed by atoms with E-state index >= 15 is 0 Å². The van der Waals surface area contributed by atoms with Crippen molar-refractivity contribution in [3.63, 3.8) is 0 Å². The number of rotatable bonds is 3. The summed E-state index contributed by atoms with van der Waals surface area (Å²) in [6, 6.07) is 2.72. The van der Waals surface area contributed by atoms with E-state index in [9.17, 15) is 20.1 Å². The first-order chi connectivity index (χ1) is 12.8. The molecule has 2 heterocycles. The van der Waals surface area contributed by atoms with Gasteiger partial charge in [0.05, 0.1) is 11.0 Å². The quantitative estimate of drug-likeness (QED) is 0.615. The number of hydrogen-bond acceptors (Lipinski definition) is 6. The molecule has 1 aromatic rings. The van der Waals surface area contributed by atoms with Gasteiger partial charge in [-0.3, -0.25) is 10.1 Å². The van der Waals surface area contributed by atoms with E-state index in [1.165, 1.54) is 0 Å². The van der Waals surface area contributed by atoms with Crippen LogP contribution in [0, 0.1) is 0 Å². The molecule has 1 aromatic carbocycles. The Hall–Kier alpha value is -1.83. The molecule has 4 aliphatic rings. The van der Waals surface area contributed by atoms with Gasteiger partial charge in [0.1, 0.15) is 12.1 Å². The first-order valence-electron chi connectivity index (χ1n) is 9.73. The van der Waals surface area contributed by atoms with E-state index in [0.717, 1.165) is 30.5 Å². The molecule has 0 aromatic heterocycles. The maximum Gasteiger partial charge on any atom is 0.320 e. The summed E-state index contributed by atoms with van der Waals surface area (Å²) in [5, 5.41) is 35.0. The minimum atomic E-state index is -0.943. The maximum absolute atomic E-state index is 12.0. The molecule has 2 aliphatic heterocycles. The smallest absolute Gasteiger partial charge is 0.320 e. The van der Waals surface area contributed by atoms with Gasteiger partial charge in [-0.05, 0) is 57.8 Å². The second-order valence-electron chi connectivity index (χ2n) is 8.70. The normalized spacial score (nSPS) is 40.2. The topological polar surface area (TPSA) is 102 Å². The van der Waals surface area contributed by atoms with Crippen LogP contribution in [0.15, 0.2) is 12.1 Å². The highest BCUT2D eigenvalue weighted by atomic mass is 16.5. The second-order valence-corrected chi connectivity index (χ2v) is 8.70. The van der Waals surface area contributed by atoms with Gasteiger partial charge in [-0.1, -0.05) is 6.07 Å². The number of nitrogens with one attached hydrogen (secondary N) is 1. The van der Waals surface area contributed by atoms with Gasteiger partial charge in [-0.2, -0.15) is 0 Å². The number of aliphatic hydroxyl groups is 1. The number of piperidine rings is 1. The lowest BCUT2D eigenvalue weighted by molar-refractivity contribution is -0.187. The first kappa shape index (κ1) is 17.3. The lowest BCUT2D eigenvalue weighted by Crippen LogP contribution is -2.78. The van der Waals surface area contributed by atoms with Crippen molar-refractivity contribution in [1.82, 2.24) is 10.2 Å². The average Bonchev–Trinajstić information content (AvgIpc) is 2.98. The van der Waals surface area contributed by atoms with Gasteiger partial charge in [0.25, 0.3) is 0 Å². The molecule has 1 spiro atoms. The summed E-state index contributed by atoms with van der Waals surface area (Å²) in [6.45, 7) is 2.46. The summed E-state index contributed by atoms with van der Waals surface area (Å²) in [4.78, 5) is 13.6. The van der Waals surface area contributed by atoms with Crippen LogP contribution < -0.4 is 10.1 Å². The molecule has 2 fully saturated rings.